The van der Waals surface area contributed by atoms with Crippen LogP contribution < -0.4 is 4.90 Å². The first-order valence-corrected chi connectivity index (χ1v) is 6.47. The summed E-state index contributed by atoms with van der Waals surface area (Å²) in [6, 6.07) is 7.01. The molecule has 0 saturated carbocycles. The third-order valence-electron chi connectivity index (χ3n) is 2.94. The van der Waals surface area contributed by atoms with Gasteiger partial charge in [0.15, 0.2) is 0 Å². The highest BCUT2D eigenvalue weighted by molar-refractivity contribution is 5.83. The number of likely N-dealkylation sites (N-methyl/N-ethyl adjacent to an activating group) is 1. The summed E-state index contributed by atoms with van der Waals surface area (Å²) in [5.74, 6) is -0.0261. The number of nitrogens with zero attached hydrogens (tertiary/aromatic N) is 3. The van der Waals surface area contributed by atoms with Gasteiger partial charge in [-0.25, -0.2) is 0 Å². The highest BCUT2D eigenvalue weighted by Gasteiger charge is 2.15. The zero-order valence-electron chi connectivity index (χ0n) is 12.1. The van der Waals surface area contributed by atoms with E-state index in [4.69, 9.17) is 0 Å². The van der Waals surface area contributed by atoms with Crippen molar-refractivity contribution in [1.29, 1.82) is 5.26 Å². The van der Waals surface area contributed by atoms with E-state index >= 15 is 0 Å². The van der Waals surface area contributed by atoms with Crippen molar-refractivity contribution in [1.82, 2.24) is 4.90 Å². The van der Waals surface area contributed by atoms with Gasteiger partial charge in [-0.1, -0.05) is 6.92 Å². The van der Waals surface area contributed by atoms with Crippen LogP contribution in [0.2, 0.25) is 0 Å². The fourth-order valence-corrected chi connectivity index (χ4v) is 1.85. The molecule has 0 saturated heterocycles. The number of anilines is 1. The number of rotatable bonds is 6. The molecule has 1 rings (SSSR count). The smallest absolute Gasteiger partial charge is 0.241 e. The van der Waals surface area contributed by atoms with Gasteiger partial charge in [-0.15, -0.1) is 0 Å². The lowest BCUT2D eigenvalue weighted by molar-refractivity contribution is -0.127. The fraction of sp³-hybridized carbons (Fsp3) is 0.400. The molecule has 0 spiro atoms. The molecule has 0 aromatic heterocycles. The zero-order valence-corrected chi connectivity index (χ0v) is 12.1. The lowest BCUT2D eigenvalue weighted by Crippen LogP contribution is -2.37. The molecule has 5 nitrogen and oxygen atoms in total. The van der Waals surface area contributed by atoms with Gasteiger partial charge in [-0.3, -0.25) is 9.59 Å². The summed E-state index contributed by atoms with van der Waals surface area (Å²) < 4.78 is 0. The monoisotopic (exact) mass is 273 g/mol. The van der Waals surface area contributed by atoms with E-state index in [0.717, 1.165) is 6.42 Å². The van der Waals surface area contributed by atoms with E-state index in [1.807, 2.05) is 11.8 Å². The lowest BCUT2D eigenvalue weighted by atomic mass is 10.1. The maximum absolute atomic E-state index is 11.9. The van der Waals surface area contributed by atoms with Gasteiger partial charge in [-0.2, -0.15) is 5.26 Å². The summed E-state index contributed by atoms with van der Waals surface area (Å²) in [5, 5.41) is 9.21. The minimum absolute atomic E-state index is 0.0261. The average molecular weight is 273 g/mol. The highest BCUT2D eigenvalue weighted by atomic mass is 16.2. The SMILES string of the molecule is CCCN(CC(=O)N(C)C)c1ccc(C=O)cc1C#N. The Bertz CT molecular complexity index is 532. The van der Waals surface area contributed by atoms with Gasteiger partial charge >= 0.3 is 0 Å². The summed E-state index contributed by atoms with van der Waals surface area (Å²) >= 11 is 0. The first-order chi connectivity index (χ1) is 9.53. The molecule has 0 aliphatic heterocycles. The Labute approximate surface area is 119 Å². The van der Waals surface area contributed by atoms with Crippen LogP contribution in [0, 0.1) is 11.3 Å². The Balaban J connectivity index is 3.11. The van der Waals surface area contributed by atoms with E-state index in [1.165, 1.54) is 4.90 Å². The Kier molecular flexibility index (Phi) is 5.73. The minimum atomic E-state index is -0.0261. The molecule has 0 aliphatic carbocycles. The standard InChI is InChI=1S/C15H19N3O2/c1-4-7-18(10-15(20)17(2)3)14-6-5-12(11-19)8-13(14)9-16/h5-6,8,11H,4,7,10H2,1-3H3. The van der Waals surface area contributed by atoms with Gasteiger partial charge in [-0.05, 0) is 24.6 Å². The van der Waals surface area contributed by atoms with Crippen LogP contribution in [-0.2, 0) is 4.79 Å². The third kappa shape index (κ3) is 3.82. The van der Waals surface area contributed by atoms with Crippen LogP contribution in [0.4, 0.5) is 5.69 Å². The molecule has 1 aromatic carbocycles. The number of nitriles is 1. The second-order valence-corrected chi connectivity index (χ2v) is 4.72. The van der Waals surface area contributed by atoms with Gasteiger partial charge < -0.3 is 9.80 Å². The average Bonchev–Trinajstić information content (AvgIpc) is 2.45. The van der Waals surface area contributed by atoms with Crippen LogP contribution in [0.15, 0.2) is 18.2 Å². The molecule has 0 radical (unpaired) electrons. The summed E-state index contributed by atoms with van der Waals surface area (Å²) in [4.78, 5) is 26.0. The van der Waals surface area contributed by atoms with Crippen LogP contribution in [0.5, 0.6) is 0 Å². The first-order valence-electron chi connectivity index (χ1n) is 6.47. The largest absolute Gasteiger partial charge is 0.361 e. The minimum Gasteiger partial charge on any atom is -0.361 e. The second kappa shape index (κ2) is 7.29. The quantitative estimate of drug-likeness (QED) is 0.740. The number of carbonyl (C=O) groups is 2. The van der Waals surface area contributed by atoms with Crippen molar-refractivity contribution in [3.8, 4) is 6.07 Å². The topological polar surface area (TPSA) is 64.4 Å². The normalized spacial score (nSPS) is 9.70. The van der Waals surface area contributed by atoms with E-state index < -0.39 is 0 Å². The molecule has 0 unspecified atom stereocenters. The molecule has 0 aliphatic rings. The maximum Gasteiger partial charge on any atom is 0.241 e. The predicted molar refractivity (Wildman–Crippen MR) is 77.7 cm³/mol. The van der Waals surface area contributed by atoms with Crippen molar-refractivity contribution in [3.05, 3.63) is 29.3 Å². The zero-order chi connectivity index (χ0) is 15.1. The summed E-state index contributed by atoms with van der Waals surface area (Å²) in [5.41, 5.74) is 1.56. The molecule has 0 fully saturated rings. The van der Waals surface area contributed by atoms with E-state index in [9.17, 15) is 14.9 Å². The summed E-state index contributed by atoms with van der Waals surface area (Å²) in [6.07, 6.45) is 1.57. The van der Waals surface area contributed by atoms with E-state index in [2.05, 4.69) is 6.07 Å². The first kappa shape index (κ1) is 15.7. The molecule has 1 aromatic rings. The van der Waals surface area contributed by atoms with Crippen molar-refractivity contribution in [2.45, 2.75) is 13.3 Å². The van der Waals surface area contributed by atoms with Crippen LogP contribution in [0.25, 0.3) is 0 Å². The molecule has 5 heteroatoms. The molecular weight excluding hydrogens is 254 g/mol. The van der Waals surface area contributed by atoms with Crippen LogP contribution >= 0.6 is 0 Å². The van der Waals surface area contributed by atoms with Crippen molar-refractivity contribution in [3.63, 3.8) is 0 Å². The number of aldehydes is 1. The van der Waals surface area contributed by atoms with Crippen LogP contribution in [0.1, 0.15) is 29.3 Å². The highest BCUT2D eigenvalue weighted by Crippen LogP contribution is 2.21. The number of amides is 1. The number of hydrogen-bond donors (Lipinski definition) is 0. The number of carbonyl (C=O) groups excluding carboxylic acids is 2. The van der Waals surface area contributed by atoms with Gasteiger partial charge in [0.05, 0.1) is 17.8 Å². The van der Waals surface area contributed by atoms with Crippen molar-refractivity contribution in [2.75, 3.05) is 32.1 Å². The van der Waals surface area contributed by atoms with Gasteiger partial charge in [0, 0.05) is 26.2 Å². The fourth-order valence-electron chi connectivity index (χ4n) is 1.85. The molecular formula is C15H19N3O2. The summed E-state index contributed by atoms with van der Waals surface area (Å²) in [7, 11) is 3.40. The van der Waals surface area contributed by atoms with Crippen molar-refractivity contribution in [2.24, 2.45) is 0 Å². The molecule has 0 N–H and O–H groups in total. The molecule has 0 bridgehead atoms. The molecule has 20 heavy (non-hydrogen) atoms. The molecule has 0 atom stereocenters. The Hall–Kier alpha value is -2.35. The van der Waals surface area contributed by atoms with Crippen LogP contribution in [0.3, 0.4) is 0 Å². The lowest BCUT2D eigenvalue weighted by Gasteiger charge is -2.26. The van der Waals surface area contributed by atoms with Gasteiger partial charge in [0.25, 0.3) is 0 Å². The Morgan fingerprint density at radius 3 is 2.60 bits per heavy atom. The summed E-state index contributed by atoms with van der Waals surface area (Å²) in [6.45, 7) is 2.91. The van der Waals surface area contributed by atoms with Crippen molar-refractivity contribution >= 4 is 17.9 Å². The maximum atomic E-state index is 11.9. The molecule has 1 amide bonds. The van der Waals surface area contributed by atoms with E-state index in [1.54, 1.807) is 32.3 Å². The van der Waals surface area contributed by atoms with E-state index in [0.29, 0.717) is 29.6 Å². The predicted octanol–water partition coefficient (Wildman–Crippen LogP) is 1.68. The van der Waals surface area contributed by atoms with E-state index in [-0.39, 0.29) is 12.5 Å². The number of hydrogen-bond acceptors (Lipinski definition) is 4. The number of benzene rings is 1. The van der Waals surface area contributed by atoms with Gasteiger partial charge in [0.2, 0.25) is 5.91 Å². The third-order valence-corrected chi connectivity index (χ3v) is 2.94. The van der Waals surface area contributed by atoms with Gasteiger partial charge in [0.1, 0.15) is 12.4 Å². The molecule has 0 heterocycles. The van der Waals surface area contributed by atoms with Crippen molar-refractivity contribution < 1.29 is 9.59 Å². The Morgan fingerprint density at radius 1 is 1.40 bits per heavy atom. The van der Waals surface area contributed by atoms with Crippen LogP contribution in [-0.4, -0.2) is 44.3 Å². The molecule has 106 valence electrons. The second-order valence-electron chi connectivity index (χ2n) is 4.72. The Morgan fingerprint density at radius 2 is 2.10 bits per heavy atom.